The van der Waals surface area contributed by atoms with E-state index in [9.17, 15) is 5.26 Å². The summed E-state index contributed by atoms with van der Waals surface area (Å²) < 4.78 is 0. The minimum Gasteiger partial charge on any atom is -0.368 e. The molecule has 164 valence electrons. The quantitative estimate of drug-likeness (QED) is 0.658. The summed E-state index contributed by atoms with van der Waals surface area (Å²) in [6.07, 6.45) is 2.94. The lowest BCUT2D eigenvalue weighted by molar-refractivity contribution is 0.212. The van der Waals surface area contributed by atoms with Crippen LogP contribution in [0.3, 0.4) is 0 Å². The average Bonchev–Trinajstić information content (AvgIpc) is 2.82. The average molecular weight is 459 g/mol. The summed E-state index contributed by atoms with van der Waals surface area (Å²) in [6, 6.07) is 11.8. The van der Waals surface area contributed by atoms with Crippen LogP contribution in [0.15, 0.2) is 36.5 Å². The zero-order valence-electron chi connectivity index (χ0n) is 17.7. The highest BCUT2D eigenvalue weighted by Gasteiger charge is 2.22. The third-order valence-electron chi connectivity index (χ3n) is 6.17. The number of hydrogen-bond donors (Lipinski definition) is 0. The fourth-order valence-electron chi connectivity index (χ4n) is 4.39. The van der Waals surface area contributed by atoms with E-state index in [0.717, 1.165) is 77.0 Å². The minimum absolute atomic E-state index is 0.619. The first kappa shape index (κ1) is 22.2. The first-order valence-corrected chi connectivity index (χ1v) is 11.6. The Bertz CT molecular complexity index is 915. The van der Waals surface area contributed by atoms with Crippen molar-refractivity contribution < 1.29 is 0 Å². The second-order valence-corrected chi connectivity index (χ2v) is 8.86. The molecule has 4 rings (SSSR count). The van der Waals surface area contributed by atoms with Crippen LogP contribution in [0.5, 0.6) is 0 Å². The van der Waals surface area contributed by atoms with Crippen LogP contribution < -0.4 is 9.80 Å². The van der Waals surface area contributed by atoms with Gasteiger partial charge < -0.3 is 9.80 Å². The lowest BCUT2D eigenvalue weighted by Crippen LogP contribution is -2.49. The summed E-state index contributed by atoms with van der Waals surface area (Å²) >= 11 is 12.6. The number of hydrogen-bond acceptors (Lipinski definition) is 6. The Balaban J connectivity index is 1.17. The summed E-state index contributed by atoms with van der Waals surface area (Å²) in [5.74, 6) is 0.822. The normalized spacial score (nSPS) is 18.2. The Morgan fingerprint density at radius 3 is 2.13 bits per heavy atom. The lowest BCUT2D eigenvalue weighted by atomic mass is 10.2. The van der Waals surface area contributed by atoms with Crippen molar-refractivity contribution in [3.63, 3.8) is 0 Å². The third-order valence-corrected chi connectivity index (χ3v) is 6.98. The standard InChI is InChI=1S/C23H28Cl2N6/c24-20-5-1-6-21(22(20)25)30-14-10-28(11-15-30)8-3-9-29-12-16-31(17-13-29)23-19(18-26)4-2-7-27-23/h1-2,4-7H,3,8-17H2. The van der Waals surface area contributed by atoms with E-state index in [1.165, 1.54) is 6.42 Å². The molecule has 6 nitrogen and oxygen atoms in total. The SMILES string of the molecule is N#Cc1cccnc1N1CCN(CCCN2CCN(c3cccc(Cl)c3Cl)CC2)CC1. The lowest BCUT2D eigenvalue weighted by Gasteiger charge is -2.38. The highest BCUT2D eigenvalue weighted by atomic mass is 35.5. The van der Waals surface area contributed by atoms with Gasteiger partial charge in [0.05, 0.1) is 21.3 Å². The number of aromatic nitrogens is 1. The van der Waals surface area contributed by atoms with Crippen molar-refractivity contribution in [3.8, 4) is 6.07 Å². The topological polar surface area (TPSA) is 49.6 Å². The summed E-state index contributed by atoms with van der Waals surface area (Å²) in [5, 5.41) is 10.6. The van der Waals surface area contributed by atoms with Crippen LogP contribution in [-0.2, 0) is 0 Å². The third kappa shape index (κ3) is 5.42. The zero-order valence-corrected chi connectivity index (χ0v) is 19.2. The second-order valence-electron chi connectivity index (χ2n) is 8.07. The smallest absolute Gasteiger partial charge is 0.146 e. The largest absolute Gasteiger partial charge is 0.368 e. The van der Waals surface area contributed by atoms with Crippen LogP contribution in [0.2, 0.25) is 10.0 Å². The van der Waals surface area contributed by atoms with Gasteiger partial charge in [0.1, 0.15) is 11.9 Å². The summed E-state index contributed by atoms with van der Waals surface area (Å²) in [6.45, 7) is 10.2. The number of halogens is 2. The highest BCUT2D eigenvalue weighted by molar-refractivity contribution is 6.43. The van der Waals surface area contributed by atoms with Gasteiger partial charge in [-0.2, -0.15) is 5.26 Å². The fourth-order valence-corrected chi connectivity index (χ4v) is 4.80. The molecule has 0 bridgehead atoms. The predicted octanol–water partition coefficient (Wildman–Crippen LogP) is 3.59. The van der Waals surface area contributed by atoms with Gasteiger partial charge in [-0.25, -0.2) is 4.98 Å². The van der Waals surface area contributed by atoms with Crippen molar-refractivity contribution in [1.82, 2.24) is 14.8 Å². The summed E-state index contributed by atoms with van der Waals surface area (Å²) in [7, 11) is 0. The van der Waals surface area contributed by atoms with Gasteiger partial charge in [-0.15, -0.1) is 0 Å². The molecule has 0 unspecified atom stereocenters. The van der Waals surface area contributed by atoms with Gasteiger partial charge in [-0.1, -0.05) is 29.3 Å². The molecule has 2 saturated heterocycles. The second kappa shape index (κ2) is 10.5. The number of piperazine rings is 2. The van der Waals surface area contributed by atoms with Crippen molar-refractivity contribution in [2.45, 2.75) is 6.42 Å². The minimum atomic E-state index is 0.619. The summed E-state index contributed by atoms with van der Waals surface area (Å²) in [5.41, 5.74) is 1.70. The molecule has 0 saturated carbocycles. The van der Waals surface area contributed by atoms with Gasteiger partial charge in [0.15, 0.2) is 0 Å². The summed E-state index contributed by atoms with van der Waals surface area (Å²) in [4.78, 5) is 14.0. The highest BCUT2D eigenvalue weighted by Crippen LogP contribution is 2.32. The number of benzene rings is 1. The molecular formula is C23H28Cl2N6. The molecule has 3 heterocycles. The molecule has 2 aliphatic heterocycles. The number of anilines is 2. The van der Waals surface area contributed by atoms with Crippen LogP contribution in [-0.4, -0.2) is 80.2 Å². The Kier molecular flexibility index (Phi) is 7.52. The van der Waals surface area contributed by atoms with Crippen LogP contribution >= 0.6 is 23.2 Å². The van der Waals surface area contributed by atoms with Gasteiger partial charge in [0.25, 0.3) is 0 Å². The molecule has 0 atom stereocenters. The molecule has 8 heteroatoms. The molecular weight excluding hydrogens is 431 g/mol. The maximum atomic E-state index is 9.30. The molecule has 2 fully saturated rings. The van der Waals surface area contributed by atoms with E-state index in [1.807, 2.05) is 30.3 Å². The van der Waals surface area contributed by atoms with Crippen LogP contribution in [0.4, 0.5) is 11.5 Å². The van der Waals surface area contributed by atoms with Crippen molar-refractivity contribution in [2.75, 3.05) is 75.2 Å². The zero-order chi connectivity index (χ0) is 21.6. The number of rotatable bonds is 6. The van der Waals surface area contributed by atoms with E-state index in [0.29, 0.717) is 15.6 Å². The van der Waals surface area contributed by atoms with E-state index in [2.05, 4.69) is 30.7 Å². The molecule has 0 N–H and O–H groups in total. The maximum absolute atomic E-state index is 9.30. The van der Waals surface area contributed by atoms with Crippen molar-refractivity contribution >= 4 is 34.7 Å². The van der Waals surface area contributed by atoms with Crippen molar-refractivity contribution in [2.24, 2.45) is 0 Å². The van der Waals surface area contributed by atoms with Crippen molar-refractivity contribution in [3.05, 3.63) is 52.1 Å². The van der Waals surface area contributed by atoms with E-state index in [-0.39, 0.29) is 0 Å². The Morgan fingerprint density at radius 2 is 1.48 bits per heavy atom. The number of nitrogens with zero attached hydrogens (tertiary/aromatic N) is 6. The maximum Gasteiger partial charge on any atom is 0.146 e. The number of pyridine rings is 1. The van der Waals surface area contributed by atoms with E-state index in [1.54, 1.807) is 6.20 Å². The molecule has 1 aromatic carbocycles. The van der Waals surface area contributed by atoms with E-state index in [4.69, 9.17) is 23.2 Å². The first-order valence-electron chi connectivity index (χ1n) is 10.9. The van der Waals surface area contributed by atoms with Gasteiger partial charge in [0, 0.05) is 58.6 Å². The molecule has 1 aromatic heterocycles. The van der Waals surface area contributed by atoms with Crippen molar-refractivity contribution in [1.29, 1.82) is 5.26 Å². The Labute approximate surface area is 194 Å². The van der Waals surface area contributed by atoms with Gasteiger partial charge in [-0.05, 0) is 43.8 Å². The molecule has 0 spiro atoms. The van der Waals surface area contributed by atoms with Gasteiger partial charge in [0.2, 0.25) is 0 Å². The molecule has 2 aliphatic rings. The van der Waals surface area contributed by atoms with Crippen LogP contribution in [0, 0.1) is 11.3 Å². The molecule has 0 radical (unpaired) electrons. The predicted molar refractivity (Wildman–Crippen MR) is 127 cm³/mol. The monoisotopic (exact) mass is 458 g/mol. The Hall–Kier alpha value is -2.04. The van der Waals surface area contributed by atoms with Gasteiger partial charge >= 0.3 is 0 Å². The first-order chi connectivity index (χ1) is 15.2. The molecule has 2 aromatic rings. The molecule has 0 aliphatic carbocycles. The number of nitriles is 1. The van der Waals surface area contributed by atoms with Crippen LogP contribution in [0.1, 0.15) is 12.0 Å². The molecule has 0 amide bonds. The van der Waals surface area contributed by atoms with E-state index >= 15 is 0 Å². The van der Waals surface area contributed by atoms with E-state index < -0.39 is 0 Å². The fraction of sp³-hybridized carbons (Fsp3) is 0.478. The van der Waals surface area contributed by atoms with Gasteiger partial charge in [-0.3, -0.25) is 9.80 Å². The van der Waals surface area contributed by atoms with Crippen LogP contribution in [0.25, 0.3) is 0 Å². The Morgan fingerprint density at radius 1 is 0.839 bits per heavy atom. The molecule has 31 heavy (non-hydrogen) atoms.